The topological polar surface area (TPSA) is 101 Å². The van der Waals surface area contributed by atoms with E-state index in [1.807, 2.05) is 0 Å². The number of rotatable bonds is 4. The zero-order valence-electron chi connectivity index (χ0n) is 16.9. The van der Waals surface area contributed by atoms with Gasteiger partial charge in [-0.1, -0.05) is 41.4 Å². The van der Waals surface area contributed by atoms with E-state index < -0.39 is 46.2 Å². The maximum absolute atomic E-state index is 13.6. The molecule has 0 spiro atoms. The van der Waals surface area contributed by atoms with Crippen LogP contribution in [-0.2, 0) is 4.79 Å². The summed E-state index contributed by atoms with van der Waals surface area (Å²) in [6.45, 7) is 0. The van der Waals surface area contributed by atoms with Crippen LogP contribution in [0.2, 0.25) is 10.0 Å². The number of nitrogens with zero attached hydrogens (tertiary/aromatic N) is 3. The Morgan fingerprint density at radius 2 is 1.50 bits per heavy atom. The van der Waals surface area contributed by atoms with Crippen LogP contribution < -0.4 is 4.90 Å². The molecule has 2 atom stereocenters. The molecule has 0 aromatic heterocycles. The molecule has 0 aliphatic carbocycles. The maximum Gasteiger partial charge on any atom is 0.282 e. The van der Waals surface area contributed by atoms with Crippen LogP contribution in [0.1, 0.15) is 32.3 Å². The lowest BCUT2D eigenvalue weighted by atomic mass is 9.86. The molecular weight excluding hydrogens is 488 g/mol. The first-order valence-electron chi connectivity index (χ1n) is 9.89. The van der Waals surface area contributed by atoms with Gasteiger partial charge in [-0.15, -0.1) is 0 Å². The zero-order valence-corrected chi connectivity index (χ0v) is 18.5. The summed E-state index contributed by atoms with van der Waals surface area (Å²) < 4.78 is 13.6. The molecule has 8 nitrogen and oxygen atoms in total. The molecule has 2 unspecified atom stereocenters. The van der Waals surface area contributed by atoms with Gasteiger partial charge in [0.05, 0.1) is 16.5 Å². The highest BCUT2D eigenvalue weighted by Crippen LogP contribution is 2.46. The number of halogens is 3. The molecule has 1 fully saturated rings. The van der Waals surface area contributed by atoms with Gasteiger partial charge in [-0.25, -0.2) is 4.39 Å². The second-order valence-corrected chi connectivity index (χ2v) is 8.59. The molecule has 0 saturated carbocycles. The highest BCUT2D eigenvalue weighted by atomic mass is 35.5. The van der Waals surface area contributed by atoms with Crippen molar-refractivity contribution in [3.63, 3.8) is 0 Å². The summed E-state index contributed by atoms with van der Waals surface area (Å²) in [4.78, 5) is 52.5. The number of imide groups is 1. The van der Waals surface area contributed by atoms with Gasteiger partial charge in [0.1, 0.15) is 17.4 Å². The lowest BCUT2D eigenvalue weighted by Gasteiger charge is -2.49. The largest absolute Gasteiger partial charge is 0.300 e. The second-order valence-electron chi connectivity index (χ2n) is 7.71. The van der Waals surface area contributed by atoms with Crippen molar-refractivity contribution in [1.82, 2.24) is 4.90 Å². The summed E-state index contributed by atoms with van der Waals surface area (Å²) in [6.07, 6.45) is 0. The summed E-state index contributed by atoms with van der Waals surface area (Å²) in [5.41, 5.74) is -0.299. The fourth-order valence-electron chi connectivity index (χ4n) is 4.37. The predicted octanol–water partition coefficient (Wildman–Crippen LogP) is 4.79. The van der Waals surface area contributed by atoms with E-state index in [-0.39, 0.29) is 21.2 Å². The Balaban J connectivity index is 1.62. The summed E-state index contributed by atoms with van der Waals surface area (Å²) in [7, 11) is 0. The quantitative estimate of drug-likeness (QED) is 0.222. The summed E-state index contributed by atoms with van der Waals surface area (Å²) in [5, 5.41) is 12.0. The molecule has 11 heteroatoms. The van der Waals surface area contributed by atoms with Gasteiger partial charge < -0.3 is 4.90 Å². The van der Waals surface area contributed by atoms with Gasteiger partial charge in [-0.05, 0) is 42.0 Å². The Morgan fingerprint density at radius 3 is 2.12 bits per heavy atom. The first-order valence-corrected chi connectivity index (χ1v) is 10.6. The third-order valence-electron chi connectivity index (χ3n) is 5.80. The Hall–Kier alpha value is -3.82. The van der Waals surface area contributed by atoms with Crippen molar-refractivity contribution in [2.24, 2.45) is 0 Å². The van der Waals surface area contributed by atoms with Crippen molar-refractivity contribution in [1.29, 1.82) is 0 Å². The average Bonchev–Trinajstić information content (AvgIpc) is 3.03. The number of nitro benzene ring substituents is 1. The number of fused-ring (bicyclic) bond motifs is 1. The Bertz CT molecular complexity index is 1390. The summed E-state index contributed by atoms with van der Waals surface area (Å²) >= 11 is 12.2. The van der Waals surface area contributed by atoms with Gasteiger partial charge in [0.15, 0.2) is 0 Å². The number of carbonyl (C=O) groups is 3. The summed E-state index contributed by atoms with van der Waals surface area (Å²) in [5.74, 6) is -2.90. The number of benzene rings is 3. The maximum atomic E-state index is 13.6. The standard InChI is InChI=1S/C23H12Cl2FN3O5/c24-12-8-13(25)10-15(9-12)27-19(11-4-6-14(26)7-5-11)20(23(27)32)28-21(30)16-2-1-3-17(29(33)34)18(16)22(28)31/h1-10,19-20H. The predicted molar refractivity (Wildman–Crippen MR) is 120 cm³/mol. The molecule has 1 saturated heterocycles. The molecule has 3 aromatic rings. The Kier molecular flexibility index (Phi) is 5.11. The van der Waals surface area contributed by atoms with E-state index in [0.29, 0.717) is 11.3 Å². The molecule has 170 valence electrons. The summed E-state index contributed by atoms with van der Waals surface area (Å²) in [6, 6.07) is 11.2. The van der Waals surface area contributed by atoms with Gasteiger partial charge in [0, 0.05) is 21.8 Å². The van der Waals surface area contributed by atoms with E-state index in [1.165, 1.54) is 59.5 Å². The van der Waals surface area contributed by atoms with E-state index >= 15 is 0 Å². The van der Waals surface area contributed by atoms with Crippen LogP contribution in [0.3, 0.4) is 0 Å². The van der Waals surface area contributed by atoms with Crippen LogP contribution in [0.4, 0.5) is 15.8 Å². The third-order valence-corrected chi connectivity index (χ3v) is 6.24. The zero-order chi connectivity index (χ0) is 24.3. The molecule has 3 aromatic carbocycles. The highest BCUT2D eigenvalue weighted by Gasteiger charge is 2.58. The van der Waals surface area contributed by atoms with E-state index in [4.69, 9.17) is 23.2 Å². The van der Waals surface area contributed by atoms with E-state index in [2.05, 4.69) is 0 Å². The number of amides is 3. The fourth-order valence-corrected chi connectivity index (χ4v) is 4.89. The molecule has 2 heterocycles. The lowest BCUT2D eigenvalue weighted by molar-refractivity contribution is -0.385. The highest BCUT2D eigenvalue weighted by molar-refractivity contribution is 6.35. The van der Waals surface area contributed by atoms with E-state index in [9.17, 15) is 28.9 Å². The van der Waals surface area contributed by atoms with Crippen LogP contribution >= 0.6 is 23.2 Å². The van der Waals surface area contributed by atoms with Crippen molar-refractivity contribution in [2.75, 3.05) is 4.90 Å². The number of carbonyl (C=O) groups excluding carboxylic acids is 3. The Labute approximate surface area is 201 Å². The minimum atomic E-state index is -1.31. The number of anilines is 1. The average molecular weight is 500 g/mol. The number of nitro groups is 1. The smallest absolute Gasteiger partial charge is 0.282 e. The normalized spacial score (nSPS) is 19.3. The third kappa shape index (κ3) is 3.24. The molecular formula is C23H12Cl2FN3O5. The first-order chi connectivity index (χ1) is 16.2. The molecule has 0 N–H and O–H groups in total. The minimum Gasteiger partial charge on any atom is -0.300 e. The molecule has 0 radical (unpaired) electrons. The molecule has 2 aliphatic rings. The van der Waals surface area contributed by atoms with Crippen LogP contribution in [0.15, 0.2) is 60.7 Å². The number of β-lactam (4-membered cyclic amide) rings is 1. The first kappa shape index (κ1) is 22.0. The SMILES string of the molecule is O=C1c2cccc([N+](=O)[O-])c2C(=O)N1C1C(=O)N(c2cc(Cl)cc(Cl)c2)C1c1ccc(F)cc1. The lowest BCUT2D eigenvalue weighted by Crippen LogP contribution is -2.67. The monoisotopic (exact) mass is 499 g/mol. The number of hydrogen-bond donors (Lipinski definition) is 0. The van der Waals surface area contributed by atoms with Gasteiger partial charge in [0.25, 0.3) is 23.4 Å². The van der Waals surface area contributed by atoms with Crippen LogP contribution in [0.25, 0.3) is 0 Å². The van der Waals surface area contributed by atoms with Gasteiger partial charge in [-0.3, -0.25) is 29.4 Å². The minimum absolute atomic E-state index is 0.158. The Morgan fingerprint density at radius 1 is 0.853 bits per heavy atom. The van der Waals surface area contributed by atoms with Gasteiger partial charge in [0.2, 0.25) is 0 Å². The van der Waals surface area contributed by atoms with Crippen molar-refractivity contribution in [2.45, 2.75) is 12.1 Å². The van der Waals surface area contributed by atoms with Gasteiger partial charge >= 0.3 is 0 Å². The second kappa shape index (κ2) is 7.89. The van der Waals surface area contributed by atoms with Crippen LogP contribution in [0.5, 0.6) is 0 Å². The van der Waals surface area contributed by atoms with Crippen molar-refractivity contribution in [3.8, 4) is 0 Å². The molecule has 0 bridgehead atoms. The number of hydrogen-bond acceptors (Lipinski definition) is 5. The molecule has 2 aliphatic heterocycles. The van der Waals surface area contributed by atoms with E-state index in [1.54, 1.807) is 0 Å². The van der Waals surface area contributed by atoms with Crippen molar-refractivity contribution >= 4 is 52.3 Å². The molecule has 5 rings (SSSR count). The van der Waals surface area contributed by atoms with Crippen LogP contribution in [0, 0.1) is 15.9 Å². The van der Waals surface area contributed by atoms with Gasteiger partial charge in [-0.2, -0.15) is 0 Å². The van der Waals surface area contributed by atoms with Crippen molar-refractivity contribution in [3.05, 3.63) is 103 Å². The molecule has 3 amide bonds. The van der Waals surface area contributed by atoms with Crippen molar-refractivity contribution < 1.29 is 23.7 Å². The molecule has 34 heavy (non-hydrogen) atoms. The van der Waals surface area contributed by atoms with E-state index in [0.717, 1.165) is 11.0 Å². The fraction of sp³-hybridized carbons (Fsp3) is 0.0870. The van der Waals surface area contributed by atoms with Crippen LogP contribution in [-0.4, -0.2) is 33.6 Å².